The van der Waals surface area contributed by atoms with Crippen molar-refractivity contribution in [1.82, 2.24) is 10.2 Å². The highest BCUT2D eigenvalue weighted by Crippen LogP contribution is 2.11. The Morgan fingerprint density at radius 1 is 1.33 bits per heavy atom. The van der Waals surface area contributed by atoms with Crippen molar-refractivity contribution in [3.63, 3.8) is 0 Å². The monoisotopic (exact) mass is 290 g/mol. The van der Waals surface area contributed by atoms with Gasteiger partial charge in [0.05, 0.1) is 0 Å². The normalized spacial score (nSPS) is 15.6. The number of nitrogens with one attached hydrogen (secondary N) is 2. The second-order valence-electron chi connectivity index (χ2n) is 5.26. The second kappa shape index (κ2) is 7.08. The number of nitrogens with two attached hydrogens (primary N) is 1. The van der Waals surface area contributed by atoms with Crippen LogP contribution in [0.3, 0.4) is 0 Å². The number of hydrogen-bond donors (Lipinski definition) is 3. The molecule has 1 aromatic carbocycles. The molecular weight excluding hydrogens is 268 g/mol. The molecule has 1 aliphatic rings. The van der Waals surface area contributed by atoms with E-state index in [1.54, 1.807) is 17.9 Å². The van der Waals surface area contributed by atoms with E-state index in [4.69, 9.17) is 5.73 Å². The lowest BCUT2D eigenvalue weighted by Gasteiger charge is -2.21. The molecule has 0 radical (unpaired) electrons. The van der Waals surface area contributed by atoms with Gasteiger partial charge >= 0.3 is 6.03 Å². The molecule has 1 unspecified atom stereocenters. The zero-order chi connectivity index (χ0) is 15.2. The molecule has 6 heteroatoms. The van der Waals surface area contributed by atoms with Crippen molar-refractivity contribution in [1.29, 1.82) is 0 Å². The van der Waals surface area contributed by atoms with Crippen LogP contribution in [0, 0.1) is 0 Å². The molecule has 2 rings (SSSR count). The summed E-state index contributed by atoms with van der Waals surface area (Å²) < 4.78 is 0. The Labute approximate surface area is 124 Å². The fourth-order valence-electron chi connectivity index (χ4n) is 2.41. The summed E-state index contributed by atoms with van der Waals surface area (Å²) in [6.45, 7) is 3.69. The molecule has 1 heterocycles. The number of urea groups is 1. The van der Waals surface area contributed by atoms with Crippen molar-refractivity contribution in [2.24, 2.45) is 5.73 Å². The summed E-state index contributed by atoms with van der Waals surface area (Å²) in [4.78, 5) is 25.8. The Hall–Kier alpha value is -2.08. The molecular formula is C15H22N4O2. The van der Waals surface area contributed by atoms with Crippen LogP contribution < -0.4 is 16.4 Å². The van der Waals surface area contributed by atoms with Crippen molar-refractivity contribution in [3.8, 4) is 0 Å². The zero-order valence-corrected chi connectivity index (χ0v) is 12.3. The van der Waals surface area contributed by atoms with E-state index < -0.39 is 6.04 Å². The van der Waals surface area contributed by atoms with Gasteiger partial charge in [0.15, 0.2) is 0 Å². The van der Waals surface area contributed by atoms with Crippen LogP contribution in [0.1, 0.15) is 25.3 Å². The lowest BCUT2D eigenvalue weighted by Crippen LogP contribution is -2.47. The first-order valence-electron chi connectivity index (χ1n) is 7.25. The standard InChI is InChI=1S/C15H22N4O2/c1-11(14(20)19-7-2-3-8-19)17-15(21)18-13-6-4-5-12(9-13)10-16/h4-6,9,11H,2-3,7-8,10,16H2,1H3,(H2,17,18,21). The molecule has 0 aromatic heterocycles. The first-order valence-corrected chi connectivity index (χ1v) is 7.25. The average molecular weight is 290 g/mol. The molecule has 1 aromatic rings. The van der Waals surface area contributed by atoms with E-state index in [9.17, 15) is 9.59 Å². The van der Waals surface area contributed by atoms with Crippen LogP contribution in [-0.4, -0.2) is 36.0 Å². The number of carbonyl (C=O) groups is 2. The van der Waals surface area contributed by atoms with E-state index in [0.29, 0.717) is 12.2 Å². The van der Waals surface area contributed by atoms with E-state index in [1.165, 1.54) is 0 Å². The van der Waals surface area contributed by atoms with Gasteiger partial charge in [0.1, 0.15) is 6.04 Å². The minimum absolute atomic E-state index is 0.0293. The molecule has 0 spiro atoms. The van der Waals surface area contributed by atoms with Crippen LogP contribution in [0.4, 0.5) is 10.5 Å². The zero-order valence-electron chi connectivity index (χ0n) is 12.3. The summed E-state index contributed by atoms with van der Waals surface area (Å²) >= 11 is 0. The van der Waals surface area contributed by atoms with E-state index in [2.05, 4.69) is 10.6 Å². The third-order valence-electron chi connectivity index (χ3n) is 3.56. The lowest BCUT2D eigenvalue weighted by molar-refractivity contribution is -0.131. The van der Waals surface area contributed by atoms with Crippen molar-refractivity contribution >= 4 is 17.6 Å². The molecule has 3 amide bonds. The van der Waals surface area contributed by atoms with Gasteiger partial charge in [-0.2, -0.15) is 0 Å². The van der Waals surface area contributed by atoms with Crippen molar-refractivity contribution in [2.45, 2.75) is 32.4 Å². The van der Waals surface area contributed by atoms with Gasteiger partial charge in [0.2, 0.25) is 5.91 Å². The van der Waals surface area contributed by atoms with Crippen LogP contribution in [0.5, 0.6) is 0 Å². The van der Waals surface area contributed by atoms with Crippen molar-refractivity contribution in [3.05, 3.63) is 29.8 Å². The highest BCUT2D eigenvalue weighted by Gasteiger charge is 2.24. The van der Waals surface area contributed by atoms with Gasteiger partial charge in [0.25, 0.3) is 0 Å². The Bertz CT molecular complexity index is 512. The molecule has 1 aliphatic heterocycles. The predicted octanol–water partition coefficient (Wildman–Crippen LogP) is 1.28. The summed E-state index contributed by atoms with van der Waals surface area (Å²) in [6.07, 6.45) is 2.08. The third-order valence-corrected chi connectivity index (χ3v) is 3.56. The molecule has 21 heavy (non-hydrogen) atoms. The van der Waals surface area contributed by atoms with Gasteiger partial charge in [-0.15, -0.1) is 0 Å². The number of carbonyl (C=O) groups excluding carboxylic acids is 2. The first-order chi connectivity index (χ1) is 10.1. The van der Waals surface area contributed by atoms with Gasteiger partial charge in [-0.1, -0.05) is 12.1 Å². The quantitative estimate of drug-likeness (QED) is 0.780. The number of benzene rings is 1. The summed E-state index contributed by atoms with van der Waals surface area (Å²) in [5.41, 5.74) is 7.16. The smallest absolute Gasteiger partial charge is 0.319 e. The van der Waals surface area contributed by atoms with Crippen molar-refractivity contribution in [2.75, 3.05) is 18.4 Å². The molecule has 1 atom stereocenters. The molecule has 1 saturated heterocycles. The number of rotatable bonds is 4. The van der Waals surface area contributed by atoms with E-state index in [-0.39, 0.29) is 11.9 Å². The number of anilines is 1. The summed E-state index contributed by atoms with van der Waals surface area (Å²) in [5.74, 6) is -0.0293. The third kappa shape index (κ3) is 4.19. The molecule has 1 fully saturated rings. The molecule has 4 N–H and O–H groups in total. The number of amides is 3. The van der Waals surface area contributed by atoms with E-state index >= 15 is 0 Å². The largest absolute Gasteiger partial charge is 0.341 e. The Kier molecular flexibility index (Phi) is 5.16. The molecule has 114 valence electrons. The fraction of sp³-hybridized carbons (Fsp3) is 0.467. The Morgan fingerprint density at radius 3 is 2.71 bits per heavy atom. The lowest BCUT2D eigenvalue weighted by atomic mass is 10.2. The van der Waals surface area contributed by atoms with E-state index in [0.717, 1.165) is 31.5 Å². The summed E-state index contributed by atoms with van der Waals surface area (Å²) in [5, 5.41) is 5.39. The van der Waals surface area contributed by atoms with Crippen molar-refractivity contribution < 1.29 is 9.59 Å². The van der Waals surface area contributed by atoms with Gasteiger partial charge in [0, 0.05) is 25.3 Å². The Balaban J connectivity index is 1.87. The highest BCUT2D eigenvalue weighted by molar-refractivity contribution is 5.93. The maximum Gasteiger partial charge on any atom is 0.319 e. The van der Waals surface area contributed by atoms with Crippen LogP contribution in [0.15, 0.2) is 24.3 Å². The first kappa shape index (κ1) is 15.3. The van der Waals surface area contributed by atoms with Gasteiger partial charge < -0.3 is 21.3 Å². The minimum atomic E-state index is -0.527. The predicted molar refractivity (Wildman–Crippen MR) is 81.8 cm³/mol. The average Bonchev–Trinajstić information content (AvgIpc) is 3.00. The molecule has 0 bridgehead atoms. The number of hydrogen-bond acceptors (Lipinski definition) is 3. The summed E-state index contributed by atoms with van der Waals surface area (Å²) in [7, 11) is 0. The number of nitrogens with zero attached hydrogens (tertiary/aromatic N) is 1. The van der Waals surface area contributed by atoms with Crippen LogP contribution in [0.25, 0.3) is 0 Å². The maximum atomic E-state index is 12.1. The minimum Gasteiger partial charge on any atom is -0.341 e. The van der Waals surface area contributed by atoms with Gasteiger partial charge in [-0.25, -0.2) is 4.79 Å². The summed E-state index contributed by atoms with van der Waals surface area (Å²) in [6, 6.07) is 6.40. The van der Waals surface area contributed by atoms with Crippen LogP contribution in [0.2, 0.25) is 0 Å². The SMILES string of the molecule is CC(NC(=O)Nc1cccc(CN)c1)C(=O)N1CCCC1. The maximum absolute atomic E-state index is 12.1. The molecule has 0 saturated carbocycles. The number of likely N-dealkylation sites (tertiary alicyclic amines) is 1. The van der Waals surface area contributed by atoms with Crippen LogP contribution in [-0.2, 0) is 11.3 Å². The van der Waals surface area contributed by atoms with Crippen LogP contribution >= 0.6 is 0 Å². The highest BCUT2D eigenvalue weighted by atomic mass is 16.2. The molecule has 0 aliphatic carbocycles. The second-order valence-corrected chi connectivity index (χ2v) is 5.26. The fourth-order valence-corrected chi connectivity index (χ4v) is 2.41. The van der Waals surface area contributed by atoms with Gasteiger partial charge in [-0.05, 0) is 37.5 Å². The Morgan fingerprint density at radius 2 is 2.05 bits per heavy atom. The van der Waals surface area contributed by atoms with E-state index in [1.807, 2.05) is 18.2 Å². The van der Waals surface area contributed by atoms with Gasteiger partial charge in [-0.3, -0.25) is 4.79 Å². The molecule has 6 nitrogen and oxygen atoms in total. The topological polar surface area (TPSA) is 87.5 Å².